The van der Waals surface area contributed by atoms with E-state index < -0.39 is 11.7 Å². The number of piperazine rings is 1. The molecule has 2 aliphatic rings. The molecule has 0 unspecified atom stereocenters. The first-order chi connectivity index (χ1) is 19.3. The largest absolute Gasteiger partial charge is 0.416 e. The van der Waals surface area contributed by atoms with Crippen LogP contribution in [0.4, 0.5) is 29.5 Å². The molecular weight excluding hydrogens is 535 g/mol. The van der Waals surface area contributed by atoms with Crippen molar-refractivity contribution in [1.29, 1.82) is 0 Å². The van der Waals surface area contributed by atoms with Gasteiger partial charge in [-0.2, -0.15) is 13.2 Å². The highest BCUT2D eigenvalue weighted by Gasteiger charge is 2.30. The summed E-state index contributed by atoms with van der Waals surface area (Å²) in [7, 11) is 0. The summed E-state index contributed by atoms with van der Waals surface area (Å²) in [6.07, 6.45) is 1.73. The van der Waals surface area contributed by atoms with Crippen LogP contribution in [0.1, 0.15) is 40.2 Å². The number of anilines is 2. The molecule has 1 saturated heterocycles. The first kappa shape index (κ1) is 26.6. The van der Waals surface area contributed by atoms with Crippen LogP contribution in [0.2, 0.25) is 0 Å². The van der Waals surface area contributed by atoms with E-state index in [0.717, 1.165) is 54.3 Å². The maximum absolute atomic E-state index is 12.9. The van der Waals surface area contributed by atoms with Crippen molar-refractivity contribution in [2.75, 3.05) is 36.4 Å². The molecule has 0 saturated carbocycles. The summed E-state index contributed by atoms with van der Waals surface area (Å²) in [5.74, 6) is 1.81. The van der Waals surface area contributed by atoms with Crippen molar-refractivity contribution in [3.05, 3.63) is 82.0 Å². The number of alkyl halides is 3. The number of urea groups is 1. The first-order valence-corrected chi connectivity index (χ1v) is 14.5. The molecule has 3 heterocycles. The zero-order valence-electron chi connectivity index (χ0n) is 22.0. The number of benzene rings is 2. The molecule has 0 radical (unpaired) electrons. The summed E-state index contributed by atoms with van der Waals surface area (Å²) in [4.78, 5) is 29.4. The highest BCUT2D eigenvalue weighted by molar-refractivity contribution is 7.19. The Labute approximate surface area is 234 Å². The van der Waals surface area contributed by atoms with Gasteiger partial charge in [-0.05, 0) is 67.5 Å². The Bertz CT molecular complexity index is 1500. The molecular formula is C30H30F3N5OS. The normalized spacial score (nSPS) is 15.8. The predicted octanol–water partition coefficient (Wildman–Crippen LogP) is 6.73. The Morgan fingerprint density at radius 2 is 1.62 bits per heavy atom. The van der Waals surface area contributed by atoms with Crippen molar-refractivity contribution in [3.8, 4) is 0 Å². The van der Waals surface area contributed by atoms with Gasteiger partial charge in [0.15, 0.2) is 0 Å². The molecule has 2 aromatic carbocycles. The number of aryl methyl sites for hydroxylation is 4. The molecule has 1 N–H and O–H groups in total. The highest BCUT2D eigenvalue weighted by Crippen LogP contribution is 2.40. The second-order valence-corrected chi connectivity index (χ2v) is 11.4. The van der Waals surface area contributed by atoms with Gasteiger partial charge in [0.25, 0.3) is 0 Å². The van der Waals surface area contributed by atoms with Crippen LogP contribution >= 0.6 is 11.3 Å². The summed E-state index contributed by atoms with van der Waals surface area (Å²) in [6, 6.07) is 14.6. The molecule has 4 aromatic rings. The number of thiophene rings is 1. The third kappa shape index (κ3) is 5.63. The lowest BCUT2D eigenvalue weighted by atomic mass is 9.96. The second-order valence-electron chi connectivity index (χ2n) is 10.3. The Kier molecular flexibility index (Phi) is 7.35. The topological polar surface area (TPSA) is 61.4 Å². The minimum Gasteiger partial charge on any atom is -0.352 e. The van der Waals surface area contributed by atoms with Crippen molar-refractivity contribution in [2.45, 2.75) is 44.7 Å². The number of halogens is 3. The number of aromatic nitrogens is 2. The number of fused-ring (bicyclic) bond motifs is 3. The zero-order valence-corrected chi connectivity index (χ0v) is 22.8. The van der Waals surface area contributed by atoms with Crippen LogP contribution < -0.4 is 10.2 Å². The highest BCUT2D eigenvalue weighted by atomic mass is 32.1. The van der Waals surface area contributed by atoms with Crippen molar-refractivity contribution in [3.63, 3.8) is 0 Å². The Balaban J connectivity index is 1.18. The Morgan fingerprint density at radius 1 is 0.900 bits per heavy atom. The zero-order chi connectivity index (χ0) is 27.7. The van der Waals surface area contributed by atoms with Gasteiger partial charge in [-0.1, -0.05) is 30.3 Å². The van der Waals surface area contributed by atoms with Gasteiger partial charge < -0.3 is 15.1 Å². The van der Waals surface area contributed by atoms with E-state index in [0.29, 0.717) is 31.9 Å². The molecule has 10 heteroatoms. The third-order valence-corrected chi connectivity index (χ3v) is 8.84. The van der Waals surface area contributed by atoms with Crippen LogP contribution in [0.25, 0.3) is 10.2 Å². The number of carbonyl (C=O) groups excluding carboxylic acids is 1. The lowest BCUT2D eigenvalue weighted by molar-refractivity contribution is -0.137. The fourth-order valence-corrected chi connectivity index (χ4v) is 6.76. The average molecular weight is 566 g/mol. The molecule has 1 aliphatic heterocycles. The number of nitrogens with one attached hydrogen (secondary N) is 1. The number of hydrogen-bond acceptors (Lipinski definition) is 5. The van der Waals surface area contributed by atoms with E-state index >= 15 is 0 Å². The number of rotatable bonds is 5. The second kappa shape index (κ2) is 11.1. The molecule has 208 valence electrons. The molecule has 6 nitrogen and oxygen atoms in total. The summed E-state index contributed by atoms with van der Waals surface area (Å²) in [6.45, 7) is 2.22. The van der Waals surface area contributed by atoms with Gasteiger partial charge in [0.2, 0.25) is 0 Å². The van der Waals surface area contributed by atoms with Crippen LogP contribution in [-0.4, -0.2) is 47.1 Å². The Hall–Kier alpha value is -3.66. The van der Waals surface area contributed by atoms with Gasteiger partial charge in [-0.3, -0.25) is 0 Å². The predicted molar refractivity (Wildman–Crippen MR) is 152 cm³/mol. The van der Waals surface area contributed by atoms with Crippen LogP contribution in [0.15, 0.2) is 54.6 Å². The average Bonchev–Trinajstić information content (AvgIpc) is 3.35. The van der Waals surface area contributed by atoms with E-state index in [9.17, 15) is 18.0 Å². The molecule has 2 aromatic heterocycles. The molecule has 1 fully saturated rings. The van der Waals surface area contributed by atoms with Gasteiger partial charge in [-0.15, -0.1) is 11.3 Å². The lowest BCUT2D eigenvalue weighted by Gasteiger charge is -2.36. The van der Waals surface area contributed by atoms with Crippen molar-refractivity contribution in [2.24, 2.45) is 0 Å². The van der Waals surface area contributed by atoms with Crippen LogP contribution in [0, 0.1) is 0 Å². The number of carbonyl (C=O) groups is 1. The van der Waals surface area contributed by atoms with Gasteiger partial charge >= 0.3 is 12.2 Å². The number of amides is 2. The number of hydrogen-bond donors (Lipinski definition) is 1. The first-order valence-electron chi connectivity index (χ1n) is 13.7. The Morgan fingerprint density at radius 3 is 2.35 bits per heavy atom. The van der Waals surface area contributed by atoms with Crippen LogP contribution in [0.5, 0.6) is 0 Å². The molecule has 0 bridgehead atoms. The minimum absolute atomic E-state index is 0.316. The fourth-order valence-electron chi connectivity index (χ4n) is 5.49. The molecule has 0 spiro atoms. The van der Waals surface area contributed by atoms with Crippen molar-refractivity contribution in [1.82, 2.24) is 14.9 Å². The van der Waals surface area contributed by atoms with E-state index in [1.54, 1.807) is 16.2 Å². The summed E-state index contributed by atoms with van der Waals surface area (Å²) in [5, 5.41) is 3.90. The lowest BCUT2D eigenvalue weighted by Crippen LogP contribution is -2.50. The minimum atomic E-state index is -4.41. The van der Waals surface area contributed by atoms with Crippen LogP contribution in [-0.2, 0) is 31.9 Å². The molecule has 2 amide bonds. The monoisotopic (exact) mass is 565 g/mol. The molecule has 40 heavy (non-hydrogen) atoms. The number of nitrogens with zero attached hydrogens (tertiary/aromatic N) is 4. The van der Waals surface area contributed by atoms with Gasteiger partial charge in [0.05, 0.1) is 10.9 Å². The SMILES string of the molecule is O=C(Nc1ccc(C(F)(F)F)cc1)N1CCN(c2nc(CCc3ccccc3)nc3sc4c(c23)CCCC4)CC1. The van der Waals surface area contributed by atoms with E-state index in [2.05, 4.69) is 22.3 Å². The molecule has 1 aliphatic carbocycles. The van der Waals surface area contributed by atoms with Gasteiger partial charge in [-0.25, -0.2) is 14.8 Å². The maximum Gasteiger partial charge on any atom is 0.416 e. The van der Waals surface area contributed by atoms with E-state index in [4.69, 9.17) is 9.97 Å². The van der Waals surface area contributed by atoms with Gasteiger partial charge in [0, 0.05) is 43.2 Å². The van der Waals surface area contributed by atoms with E-state index in [1.807, 2.05) is 18.2 Å². The van der Waals surface area contributed by atoms with Crippen molar-refractivity contribution < 1.29 is 18.0 Å². The summed E-state index contributed by atoms with van der Waals surface area (Å²) in [5.41, 5.74) is 2.24. The van der Waals surface area contributed by atoms with Crippen LogP contribution in [0.3, 0.4) is 0 Å². The molecule has 6 rings (SSSR count). The van der Waals surface area contributed by atoms with E-state index in [1.165, 1.54) is 46.4 Å². The molecule has 0 atom stereocenters. The van der Waals surface area contributed by atoms with E-state index in [-0.39, 0.29) is 6.03 Å². The van der Waals surface area contributed by atoms with Gasteiger partial charge in [0.1, 0.15) is 16.5 Å². The maximum atomic E-state index is 12.9. The summed E-state index contributed by atoms with van der Waals surface area (Å²) >= 11 is 1.80. The smallest absolute Gasteiger partial charge is 0.352 e. The standard InChI is InChI=1S/C30H30F3N5OS/c31-30(32,33)21-11-13-22(14-12-21)34-29(39)38-18-16-37(17-19-38)27-26-23-8-4-5-9-24(23)40-28(26)36-25(35-27)15-10-20-6-2-1-3-7-20/h1-3,6-7,11-14H,4-5,8-10,15-19H2,(H,34,39). The summed E-state index contributed by atoms with van der Waals surface area (Å²) < 4.78 is 38.6. The fraction of sp³-hybridized carbons (Fsp3) is 0.367. The quantitative estimate of drug-likeness (QED) is 0.292. The third-order valence-electron chi connectivity index (χ3n) is 7.65. The van der Waals surface area contributed by atoms with Crippen molar-refractivity contribution >= 4 is 39.1 Å².